The van der Waals surface area contributed by atoms with Gasteiger partial charge in [0.25, 0.3) is 0 Å². The number of para-hydroxylation sites is 1. The van der Waals surface area contributed by atoms with Gasteiger partial charge >= 0.3 is 0 Å². The van der Waals surface area contributed by atoms with Crippen LogP contribution in [0.3, 0.4) is 0 Å². The first-order valence-corrected chi connectivity index (χ1v) is 11.5. The van der Waals surface area contributed by atoms with E-state index in [1.807, 2.05) is 59.4 Å². The predicted octanol–water partition coefficient (Wildman–Crippen LogP) is 4.33. The summed E-state index contributed by atoms with van der Waals surface area (Å²) in [4.78, 5) is 19.2. The molecule has 1 atom stereocenters. The summed E-state index contributed by atoms with van der Waals surface area (Å²) in [6.45, 7) is 5.21. The van der Waals surface area contributed by atoms with Gasteiger partial charge < -0.3 is 10.2 Å². The Hall–Kier alpha value is -3.25. The molecule has 1 aliphatic rings. The molecule has 1 N–H and O–H groups in total. The molecule has 0 aliphatic carbocycles. The fourth-order valence-electron chi connectivity index (χ4n) is 4.16. The Morgan fingerprint density at radius 2 is 2.06 bits per heavy atom. The van der Waals surface area contributed by atoms with Crippen LogP contribution in [0, 0.1) is 0 Å². The minimum Gasteiger partial charge on any atom is -0.353 e. The van der Waals surface area contributed by atoms with E-state index in [0.29, 0.717) is 12.6 Å². The van der Waals surface area contributed by atoms with Crippen LogP contribution in [0.25, 0.3) is 23.0 Å². The summed E-state index contributed by atoms with van der Waals surface area (Å²) in [5, 5.41) is 7.76. The second-order valence-corrected chi connectivity index (χ2v) is 8.31. The number of carbonyl (C=O) groups excluding carboxylic acids is 1. The van der Waals surface area contributed by atoms with E-state index in [9.17, 15) is 4.79 Å². The number of aromatic nitrogens is 3. The molecule has 32 heavy (non-hydrogen) atoms. The lowest BCUT2D eigenvalue weighted by atomic mass is 10.0. The Morgan fingerprint density at radius 1 is 1.19 bits per heavy atom. The third-order valence-corrected chi connectivity index (χ3v) is 5.97. The van der Waals surface area contributed by atoms with E-state index in [-0.39, 0.29) is 5.91 Å². The minimum absolute atomic E-state index is 0.0821. The number of carbonyl (C=O) groups is 1. The number of benzene rings is 1. The zero-order valence-corrected chi connectivity index (χ0v) is 18.7. The van der Waals surface area contributed by atoms with Gasteiger partial charge in [-0.1, -0.05) is 24.6 Å². The molecule has 1 amide bonds. The molecule has 6 nitrogen and oxygen atoms in total. The molecule has 3 heterocycles. The second kappa shape index (κ2) is 10.9. The van der Waals surface area contributed by atoms with Crippen molar-refractivity contribution in [1.82, 2.24) is 25.0 Å². The van der Waals surface area contributed by atoms with Crippen LogP contribution in [0.2, 0.25) is 0 Å². The van der Waals surface area contributed by atoms with Crippen molar-refractivity contribution in [3.63, 3.8) is 0 Å². The van der Waals surface area contributed by atoms with Crippen molar-refractivity contribution in [2.45, 2.75) is 38.6 Å². The van der Waals surface area contributed by atoms with Crippen LogP contribution in [0.4, 0.5) is 0 Å². The fraction of sp³-hybridized carbons (Fsp3) is 0.346. The van der Waals surface area contributed by atoms with Crippen molar-refractivity contribution < 1.29 is 4.79 Å². The van der Waals surface area contributed by atoms with Crippen LogP contribution in [-0.2, 0) is 4.79 Å². The summed E-state index contributed by atoms with van der Waals surface area (Å²) in [7, 11) is 0. The van der Waals surface area contributed by atoms with Crippen LogP contribution in [0.15, 0.2) is 67.1 Å². The van der Waals surface area contributed by atoms with Gasteiger partial charge in [0, 0.05) is 54.9 Å². The lowest BCUT2D eigenvalue weighted by Gasteiger charge is -2.33. The topological polar surface area (TPSA) is 63.1 Å². The lowest BCUT2D eigenvalue weighted by molar-refractivity contribution is -0.116. The molecule has 1 aliphatic heterocycles. The van der Waals surface area contributed by atoms with Crippen LogP contribution in [-0.4, -0.2) is 51.2 Å². The van der Waals surface area contributed by atoms with Crippen molar-refractivity contribution in [2.24, 2.45) is 0 Å². The van der Waals surface area contributed by atoms with Crippen LogP contribution in [0.5, 0.6) is 0 Å². The Bertz CT molecular complexity index is 1030. The Kier molecular flexibility index (Phi) is 7.46. The molecule has 0 bridgehead atoms. The monoisotopic (exact) mass is 429 g/mol. The van der Waals surface area contributed by atoms with Crippen molar-refractivity contribution in [3.8, 4) is 16.9 Å². The van der Waals surface area contributed by atoms with Gasteiger partial charge in [0.1, 0.15) is 5.69 Å². The normalized spacial score (nSPS) is 17.0. The number of nitrogens with one attached hydrogen (secondary N) is 1. The molecule has 6 heteroatoms. The van der Waals surface area contributed by atoms with Gasteiger partial charge in [-0.3, -0.25) is 9.78 Å². The number of hydrogen-bond acceptors (Lipinski definition) is 4. The van der Waals surface area contributed by atoms with Crippen LogP contribution >= 0.6 is 0 Å². The van der Waals surface area contributed by atoms with Crippen molar-refractivity contribution in [3.05, 3.63) is 72.7 Å². The molecular formula is C26H31N5O. The number of hydrogen-bond donors (Lipinski definition) is 1. The molecule has 0 saturated carbocycles. The highest BCUT2D eigenvalue weighted by molar-refractivity contribution is 5.92. The summed E-state index contributed by atoms with van der Waals surface area (Å²) in [5.74, 6) is -0.0821. The van der Waals surface area contributed by atoms with Crippen molar-refractivity contribution >= 4 is 12.0 Å². The number of piperidine rings is 1. The van der Waals surface area contributed by atoms with Gasteiger partial charge in [-0.25, -0.2) is 4.68 Å². The zero-order valence-electron chi connectivity index (χ0n) is 18.7. The molecule has 1 fully saturated rings. The SMILES string of the molecule is C[C@@H]1CCCCN1CCCNC(=O)/C=C/c1cn(-c2ccccc2)nc1-c1cccnc1. The van der Waals surface area contributed by atoms with Gasteiger partial charge in [-0.05, 0) is 63.1 Å². The molecule has 1 saturated heterocycles. The second-order valence-electron chi connectivity index (χ2n) is 8.31. The minimum atomic E-state index is -0.0821. The van der Waals surface area contributed by atoms with Crippen molar-refractivity contribution in [1.29, 1.82) is 0 Å². The average Bonchev–Trinajstić information content (AvgIpc) is 3.27. The van der Waals surface area contributed by atoms with E-state index >= 15 is 0 Å². The fourth-order valence-corrected chi connectivity index (χ4v) is 4.16. The van der Waals surface area contributed by atoms with E-state index in [1.165, 1.54) is 25.8 Å². The highest BCUT2D eigenvalue weighted by atomic mass is 16.1. The molecule has 0 unspecified atom stereocenters. The number of likely N-dealkylation sites (tertiary alicyclic amines) is 1. The first-order chi connectivity index (χ1) is 15.7. The third-order valence-electron chi connectivity index (χ3n) is 5.97. The number of amides is 1. The predicted molar refractivity (Wildman–Crippen MR) is 128 cm³/mol. The van der Waals surface area contributed by atoms with Gasteiger partial charge in [-0.15, -0.1) is 0 Å². The maximum absolute atomic E-state index is 12.4. The average molecular weight is 430 g/mol. The molecule has 0 spiro atoms. The summed E-state index contributed by atoms with van der Waals surface area (Å²) < 4.78 is 1.83. The van der Waals surface area contributed by atoms with Crippen LogP contribution < -0.4 is 5.32 Å². The first kappa shape index (κ1) is 22.0. The molecule has 1 aromatic carbocycles. The van der Waals surface area contributed by atoms with E-state index in [1.54, 1.807) is 18.5 Å². The first-order valence-electron chi connectivity index (χ1n) is 11.5. The lowest BCUT2D eigenvalue weighted by Crippen LogP contribution is -2.39. The zero-order chi connectivity index (χ0) is 22.2. The molecule has 166 valence electrons. The molecule has 2 aromatic heterocycles. The highest BCUT2D eigenvalue weighted by Gasteiger charge is 2.17. The van der Waals surface area contributed by atoms with E-state index in [2.05, 4.69) is 22.1 Å². The molecule has 4 rings (SSSR count). The third kappa shape index (κ3) is 5.71. The smallest absolute Gasteiger partial charge is 0.244 e. The number of nitrogens with zero attached hydrogens (tertiary/aromatic N) is 4. The highest BCUT2D eigenvalue weighted by Crippen LogP contribution is 2.24. The maximum atomic E-state index is 12.4. The summed E-state index contributed by atoms with van der Waals surface area (Å²) in [6, 6.07) is 14.5. The van der Waals surface area contributed by atoms with Crippen molar-refractivity contribution in [2.75, 3.05) is 19.6 Å². The van der Waals surface area contributed by atoms with Gasteiger partial charge in [0.2, 0.25) is 5.91 Å². The van der Waals surface area contributed by atoms with Crippen LogP contribution in [0.1, 0.15) is 38.2 Å². The Morgan fingerprint density at radius 3 is 2.84 bits per heavy atom. The number of pyridine rings is 1. The van der Waals surface area contributed by atoms with Gasteiger partial charge in [-0.2, -0.15) is 5.10 Å². The van der Waals surface area contributed by atoms with Gasteiger partial charge in [0.05, 0.1) is 5.69 Å². The molecule has 0 radical (unpaired) electrons. The largest absolute Gasteiger partial charge is 0.353 e. The standard InChI is InChI=1S/C26H31N5O/c1-21-9-5-6-17-30(21)18-8-16-28-25(32)14-13-23-20-31(24-11-3-2-4-12-24)29-26(23)22-10-7-15-27-19-22/h2-4,7,10-15,19-21H,5-6,8-9,16-18H2,1H3,(H,28,32)/b14-13+/t21-/m1/s1. The summed E-state index contributed by atoms with van der Waals surface area (Å²) in [6.07, 6.45) is 13.8. The van der Waals surface area contributed by atoms with E-state index in [4.69, 9.17) is 5.10 Å². The maximum Gasteiger partial charge on any atom is 0.244 e. The summed E-state index contributed by atoms with van der Waals surface area (Å²) in [5.41, 5.74) is 3.55. The molecular weight excluding hydrogens is 398 g/mol. The summed E-state index contributed by atoms with van der Waals surface area (Å²) >= 11 is 0. The molecule has 3 aromatic rings. The quantitative estimate of drug-likeness (QED) is 0.428. The Balaban J connectivity index is 1.40. The van der Waals surface area contributed by atoms with E-state index < -0.39 is 0 Å². The van der Waals surface area contributed by atoms with E-state index in [0.717, 1.165) is 35.5 Å². The Labute approximate surface area is 190 Å². The number of rotatable bonds is 8. The van der Waals surface area contributed by atoms with Gasteiger partial charge in [0.15, 0.2) is 0 Å².